The first-order chi connectivity index (χ1) is 21.3. The summed E-state index contributed by atoms with van der Waals surface area (Å²) >= 11 is 0. The molecule has 0 spiro atoms. The third-order valence-corrected chi connectivity index (χ3v) is 10.2. The van der Waals surface area contributed by atoms with Crippen molar-refractivity contribution in [1.29, 1.82) is 0 Å². The number of pyridine rings is 1. The highest BCUT2D eigenvalue weighted by molar-refractivity contribution is 6.16. The van der Waals surface area contributed by atoms with Crippen molar-refractivity contribution in [2.45, 2.75) is 38.5 Å². The van der Waals surface area contributed by atoms with Crippen molar-refractivity contribution in [3.63, 3.8) is 0 Å². The van der Waals surface area contributed by atoms with Crippen molar-refractivity contribution >= 4 is 21.5 Å². The van der Waals surface area contributed by atoms with Gasteiger partial charge >= 0.3 is 0 Å². The zero-order valence-corrected chi connectivity index (χ0v) is 25.3. The Labute approximate surface area is 257 Å². The fraction of sp³-hybridized carbons (Fsp3) is 0.146. The lowest BCUT2D eigenvalue weighted by atomic mass is 9.80. The maximum absolute atomic E-state index is 5.00. The Bertz CT molecular complexity index is 2310. The van der Waals surface area contributed by atoms with E-state index in [2.05, 4.69) is 129 Å². The predicted octanol–water partition coefficient (Wildman–Crippen LogP) is 10.1. The standard InChI is InChI=1S/C41H31N3/c1-40(2)32-8-6-5-7-30(32)31-13-11-24(19-33(31)40)36-14-12-27(22-44-36)28-17-25-9-10-26-18-29(37-23-42-15-16-43-37)21-35-39(26)38(25)34(20-28)41(35,3)4/h5-23H,1-4H3. The van der Waals surface area contributed by atoms with Gasteiger partial charge in [-0.25, -0.2) is 0 Å². The van der Waals surface area contributed by atoms with E-state index in [0.29, 0.717) is 0 Å². The van der Waals surface area contributed by atoms with E-state index >= 15 is 0 Å². The van der Waals surface area contributed by atoms with Gasteiger partial charge in [0.25, 0.3) is 0 Å². The molecule has 3 heteroatoms. The summed E-state index contributed by atoms with van der Waals surface area (Å²) in [5.74, 6) is 0. The fourth-order valence-corrected chi connectivity index (χ4v) is 7.82. The molecule has 9 rings (SSSR count). The van der Waals surface area contributed by atoms with Crippen molar-refractivity contribution in [3.05, 3.63) is 138 Å². The average molecular weight is 566 g/mol. The van der Waals surface area contributed by atoms with Crippen LogP contribution in [0.1, 0.15) is 49.9 Å². The molecule has 2 aliphatic carbocycles. The number of rotatable bonds is 3. The number of hydrogen-bond donors (Lipinski definition) is 0. The van der Waals surface area contributed by atoms with Crippen LogP contribution in [0.4, 0.5) is 0 Å². The van der Waals surface area contributed by atoms with Crippen LogP contribution in [0.15, 0.2) is 116 Å². The first-order valence-electron chi connectivity index (χ1n) is 15.3. The van der Waals surface area contributed by atoms with Gasteiger partial charge in [-0.15, -0.1) is 0 Å². The summed E-state index contributed by atoms with van der Waals surface area (Å²) in [6.07, 6.45) is 7.37. The van der Waals surface area contributed by atoms with Gasteiger partial charge in [0.2, 0.25) is 0 Å². The van der Waals surface area contributed by atoms with Crippen LogP contribution in [0, 0.1) is 0 Å². The maximum Gasteiger partial charge on any atom is 0.0885 e. The Hall–Kier alpha value is -5.15. The van der Waals surface area contributed by atoms with Gasteiger partial charge in [-0.3, -0.25) is 15.0 Å². The molecule has 0 fully saturated rings. The number of nitrogens with zero attached hydrogens (tertiary/aromatic N) is 3. The van der Waals surface area contributed by atoms with Crippen molar-refractivity contribution in [2.75, 3.05) is 0 Å². The van der Waals surface area contributed by atoms with Crippen LogP contribution in [-0.4, -0.2) is 15.0 Å². The molecular weight excluding hydrogens is 534 g/mol. The lowest BCUT2D eigenvalue weighted by molar-refractivity contribution is 0.660. The summed E-state index contributed by atoms with van der Waals surface area (Å²) in [4.78, 5) is 13.9. The van der Waals surface area contributed by atoms with Gasteiger partial charge in [-0.1, -0.05) is 82.3 Å². The molecule has 3 nitrogen and oxygen atoms in total. The molecule has 0 radical (unpaired) electrons. The van der Waals surface area contributed by atoms with Crippen LogP contribution < -0.4 is 0 Å². The largest absolute Gasteiger partial charge is 0.261 e. The number of aromatic nitrogens is 3. The third kappa shape index (κ3) is 3.41. The van der Waals surface area contributed by atoms with Gasteiger partial charge < -0.3 is 0 Å². The van der Waals surface area contributed by atoms with E-state index < -0.39 is 0 Å². The fourth-order valence-electron chi connectivity index (χ4n) is 7.82. The molecule has 0 bridgehead atoms. The number of hydrogen-bond acceptors (Lipinski definition) is 3. The average Bonchev–Trinajstić information content (AvgIpc) is 3.44. The van der Waals surface area contributed by atoms with E-state index in [-0.39, 0.29) is 10.8 Å². The maximum atomic E-state index is 5.00. The Morgan fingerprint density at radius 1 is 0.455 bits per heavy atom. The van der Waals surface area contributed by atoms with E-state index in [4.69, 9.17) is 4.98 Å². The van der Waals surface area contributed by atoms with E-state index in [1.807, 2.05) is 12.4 Å². The van der Waals surface area contributed by atoms with Gasteiger partial charge in [0.1, 0.15) is 0 Å². The van der Waals surface area contributed by atoms with E-state index in [9.17, 15) is 0 Å². The van der Waals surface area contributed by atoms with Gasteiger partial charge in [0.05, 0.1) is 17.6 Å². The van der Waals surface area contributed by atoms with Gasteiger partial charge in [-0.05, 0) is 96.9 Å². The topological polar surface area (TPSA) is 38.7 Å². The summed E-state index contributed by atoms with van der Waals surface area (Å²) in [6, 6.07) is 33.8. The lowest BCUT2D eigenvalue weighted by Crippen LogP contribution is -2.15. The van der Waals surface area contributed by atoms with Crippen LogP contribution in [-0.2, 0) is 10.8 Å². The summed E-state index contributed by atoms with van der Waals surface area (Å²) in [7, 11) is 0. The second-order valence-corrected chi connectivity index (χ2v) is 13.4. The Balaban J connectivity index is 1.11. The molecule has 0 unspecified atom stereocenters. The minimum atomic E-state index is -0.142. The van der Waals surface area contributed by atoms with E-state index in [1.54, 1.807) is 12.4 Å². The Morgan fingerprint density at radius 2 is 1.11 bits per heavy atom. The van der Waals surface area contributed by atoms with Crippen molar-refractivity contribution < 1.29 is 0 Å². The lowest BCUT2D eigenvalue weighted by Gasteiger charge is -2.23. The van der Waals surface area contributed by atoms with Crippen LogP contribution in [0.2, 0.25) is 0 Å². The van der Waals surface area contributed by atoms with Crippen LogP contribution in [0.3, 0.4) is 0 Å². The van der Waals surface area contributed by atoms with Crippen LogP contribution >= 0.6 is 0 Å². The first kappa shape index (κ1) is 25.4. The zero-order valence-electron chi connectivity index (χ0n) is 25.3. The molecule has 2 heterocycles. The molecular formula is C41H31N3. The molecule has 0 saturated carbocycles. The summed E-state index contributed by atoms with van der Waals surface area (Å²) in [5, 5.41) is 5.25. The second-order valence-electron chi connectivity index (χ2n) is 13.4. The molecule has 2 aromatic heterocycles. The summed E-state index contributed by atoms with van der Waals surface area (Å²) in [5.41, 5.74) is 14.5. The third-order valence-electron chi connectivity index (χ3n) is 10.2. The predicted molar refractivity (Wildman–Crippen MR) is 181 cm³/mol. The Morgan fingerprint density at radius 3 is 1.84 bits per heavy atom. The van der Waals surface area contributed by atoms with Crippen molar-refractivity contribution in [3.8, 4) is 44.8 Å². The molecule has 7 aromatic rings. The highest BCUT2D eigenvalue weighted by atomic mass is 14.8. The van der Waals surface area contributed by atoms with Crippen LogP contribution in [0.5, 0.6) is 0 Å². The molecule has 0 saturated heterocycles. The summed E-state index contributed by atoms with van der Waals surface area (Å²) in [6.45, 7) is 9.34. The SMILES string of the molecule is CC1(C)c2ccccc2-c2ccc(-c3ccc(-c4cc5c6c(ccc7cc(-c8cnccn8)cc(c76)C5(C)C)c4)cn3)cc21. The highest BCUT2D eigenvalue weighted by Gasteiger charge is 2.36. The monoisotopic (exact) mass is 565 g/mol. The smallest absolute Gasteiger partial charge is 0.0885 e. The second kappa shape index (κ2) is 8.70. The van der Waals surface area contributed by atoms with Crippen molar-refractivity contribution in [2.24, 2.45) is 0 Å². The minimum absolute atomic E-state index is 0.0271. The first-order valence-corrected chi connectivity index (χ1v) is 15.3. The molecule has 0 atom stereocenters. The van der Waals surface area contributed by atoms with E-state index in [1.165, 1.54) is 60.5 Å². The molecule has 5 aromatic carbocycles. The number of benzene rings is 5. The molecule has 44 heavy (non-hydrogen) atoms. The van der Waals surface area contributed by atoms with Crippen LogP contribution in [0.25, 0.3) is 66.3 Å². The van der Waals surface area contributed by atoms with E-state index in [0.717, 1.165) is 28.1 Å². The van der Waals surface area contributed by atoms with Gasteiger partial charge in [0, 0.05) is 46.1 Å². The molecule has 0 aliphatic heterocycles. The zero-order chi connectivity index (χ0) is 29.8. The molecule has 210 valence electrons. The van der Waals surface area contributed by atoms with Gasteiger partial charge in [0.15, 0.2) is 0 Å². The Kier molecular flexibility index (Phi) is 5.02. The van der Waals surface area contributed by atoms with Gasteiger partial charge in [-0.2, -0.15) is 0 Å². The highest BCUT2D eigenvalue weighted by Crippen LogP contribution is 2.52. The quantitative estimate of drug-likeness (QED) is 0.200. The van der Waals surface area contributed by atoms with Crippen molar-refractivity contribution in [1.82, 2.24) is 15.0 Å². The molecule has 2 aliphatic rings. The minimum Gasteiger partial charge on any atom is -0.261 e. The normalized spacial score (nSPS) is 15.2. The molecule has 0 N–H and O–H groups in total. The number of fused-ring (bicyclic) bond motifs is 3. The summed E-state index contributed by atoms with van der Waals surface area (Å²) < 4.78 is 0. The molecule has 0 amide bonds.